The Morgan fingerprint density at radius 1 is 1.29 bits per heavy atom. The molecule has 0 aliphatic heterocycles. The van der Waals surface area contributed by atoms with E-state index in [9.17, 15) is 18.0 Å². The lowest BCUT2D eigenvalue weighted by atomic mass is 10.2. The summed E-state index contributed by atoms with van der Waals surface area (Å²) in [5.74, 6) is 0. The number of halogens is 3. The summed E-state index contributed by atoms with van der Waals surface area (Å²) in [7, 11) is 0. The molecule has 0 saturated carbocycles. The zero-order valence-electron chi connectivity index (χ0n) is 8.11. The van der Waals surface area contributed by atoms with E-state index >= 15 is 0 Å². The lowest BCUT2D eigenvalue weighted by molar-refractivity contribution is -0.0801. The fourth-order valence-corrected chi connectivity index (χ4v) is 0.512. The maximum Gasteiger partial charge on any atom is 0.411 e. The van der Waals surface area contributed by atoms with Crippen molar-refractivity contribution in [2.75, 3.05) is 0 Å². The number of alkyl halides is 3. The highest BCUT2D eigenvalue weighted by atomic mass is 19.4. The molecule has 3 nitrogen and oxygen atoms in total. The Labute approximate surface area is 79.9 Å². The number of alkyl carbamates (subject to hydrolysis) is 1. The zero-order chi connectivity index (χ0) is 11.4. The Balaban J connectivity index is 3.93. The van der Waals surface area contributed by atoms with Gasteiger partial charge in [-0.25, -0.2) is 4.79 Å². The van der Waals surface area contributed by atoms with Crippen molar-refractivity contribution in [3.05, 3.63) is 12.3 Å². The van der Waals surface area contributed by atoms with E-state index in [1.54, 1.807) is 20.8 Å². The summed E-state index contributed by atoms with van der Waals surface area (Å²) in [6.45, 7) is 4.83. The molecule has 0 saturated heterocycles. The fraction of sp³-hybridized carbons (Fsp3) is 0.625. The van der Waals surface area contributed by atoms with E-state index in [2.05, 4.69) is 4.74 Å². The first kappa shape index (κ1) is 12.8. The summed E-state index contributed by atoms with van der Waals surface area (Å²) >= 11 is 0. The van der Waals surface area contributed by atoms with Crippen LogP contribution >= 0.6 is 0 Å². The van der Waals surface area contributed by atoms with Crippen LogP contribution in [0.3, 0.4) is 0 Å². The zero-order valence-corrected chi connectivity index (χ0v) is 8.11. The van der Waals surface area contributed by atoms with Crippen molar-refractivity contribution in [1.82, 2.24) is 5.32 Å². The van der Waals surface area contributed by atoms with Gasteiger partial charge in [0.1, 0.15) is 5.60 Å². The van der Waals surface area contributed by atoms with Gasteiger partial charge < -0.3 is 4.74 Å². The topological polar surface area (TPSA) is 38.3 Å². The van der Waals surface area contributed by atoms with Crippen LogP contribution in [0.1, 0.15) is 20.8 Å². The third-order valence-corrected chi connectivity index (χ3v) is 0.872. The van der Waals surface area contributed by atoms with E-state index in [1.165, 1.54) is 0 Å². The number of amides is 1. The Hall–Kier alpha value is -1.20. The molecule has 0 aromatic rings. The molecule has 0 aliphatic carbocycles. The average Bonchev–Trinajstić information content (AvgIpc) is 1.78. The number of ether oxygens (including phenoxy) is 1. The van der Waals surface area contributed by atoms with Crippen LogP contribution in [0.15, 0.2) is 12.3 Å². The molecule has 0 atom stereocenters. The minimum absolute atomic E-state index is 0.0864. The molecule has 0 aliphatic rings. The number of nitrogens with one attached hydrogen (secondary N) is 1. The Bertz CT molecular complexity index is 228. The van der Waals surface area contributed by atoms with Crippen LogP contribution < -0.4 is 5.32 Å². The number of allylic oxidation sites excluding steroid dienone is 1. The molecule has 0 heterocycles. The molecule has 0 bridgehead atoms. The molecule has 1 amide bonds. The molecule has 6 heteroatoms. The summed E-state index contributed by atoms with van der Waals surface area (Å²) in [6.07, 6.45) is -4.95. The van der Waals surface area contributed by atoms with Gasteiger partial charge in [0.15, 0.2) is 0 Å². The van der Waals surface area contributed by atoms with Gasteiger partial charge in [-0.2, -0.15) is 13.2 Å². The lowest BCUT2D eigenvalue weighted by Crippen LogP contribution is -2.29. The molecule has 0 rings (SSSR count). The SMILES string of the molecule is CC(C)(C)OC(=O)N/C=C/C(F)(F)F. The van der Waals surface area contributed by atoms with Gasteiger partial charge in [-0.3, -0.25) is 5.32 Å². The maximum atomic E-state index is 11.6. The van der Waals surface area contributed by atoms with Gasteiger partial charge in [0.2, 0.25) is 0 Å². The molecular formula is C8H12F3NO2. The van der Waals surface area contributed by atoms with E-state index in [4.69, 9.17) is 0 Å². The van der Waals surface area contributed by atoms with Gasteiger partial charge in [0, 0.05) is 12.3 Å². The number of hydrogen-bond donors (Lipinski definition) is 1. The van der Waals surface area contributed by atoms with Crippen molar-refractivity contribution in [3.63, 3.8) is 0 Å². The van der Waals surface area contributed by atoms with Crippen LogP contribution in [0.25, 0.3) is 0 Å². The number of carbonyl (C=O) groups excluding carboxylic acids is 1. The predicted octanol–water partition coefficient (Wildman–Crippen LogP) is 2.59. The molecule has 1 N–H and O–H groups in total. The molecular weight excluding hydrogens is 199 g/mol. The minimum Gasteiger partial charge on any atom is -0.444 e. The van der Waals surface area contributed by atoms with E-state index in [0.717, 1.165) is 0 Å². The monoisotopic (exact) mass is 211 g/mol. The number of carbonyl (C=O) groups is 1. The van der Waals surface area contributed by atoms with Gasteiger partial charge in [0.05, 0.1) is 0 Å². The van der Waals surface area contributed by atoms with Gasteiger partial charge in [-0.15, -0.1) is 0 Å². The second kappa shape index (κ2) is 4.34. The molecule has 0 aromatic carbocycles. The molecule has 82 valence electrons. The van der Waals surface area contributed by atoms with Gasteiger partial charge >= 0.3 is 12.3 Å². The maximum absolute atomic E-state index is 11.6. The van der Waals surface area contributed by atoms with Crippen molar-refractivity contribution in [2.45, 2.75) is 32.5 Å². The summed E-state index contributed by atoms with van der Waals surface area (Å²) < 4.78 is 39.4. The standard InChI is InChI=1S/C8H12F3NO2/c1-7(2,3)14-6(13)12-5-4-8(9,10)11/h4-5H,1-3H3,(H,12,13)/b5-4+. The van der Waals surface area contributed by atoms with Crippen molar-refractivity contribution >= 4 is 6.09 Å². The predicted molar refractivity (Wildman–Crippen MR) is 44.6 cm³/mol. The smallest absolute Gasteiger partial charge is 0.411 e. The largest absolute Gasteiger partial charge is 0.444 e. The number of hydrogen-bond acceptors (Lipinski definition) is 2. The molecule has 0 radical (unpaired) electrons. The third kappa shape index (κ3) is 8.89. The summed E-state index contributed by atoms with van der Waals surface area (Å²) in [4.78, 5) is 10.8. The van der Waals surface area contributed by atoms with E-state index in [1.807, 2.05) is 5.32 Å². The third-order valence-electron chi connectivity index (χ3n) is 0.872. The van der Waals surface area contributed by atoms with Crippen molar-refractivity contribution in [2.24, 2.45) is 0 Å². The average molecular weight is 211 g/mol. The Kier molecular flexibility index (Phi) is 3.97. The highest BCUT2D eigenvalue weighted by Crippen LogP contribution is 2.15. The first-order chi connectivity index (χ1) is 6.10. The summed E-state index contributed by atoms with van der Waals surface area (Å²) in [5, 5.41) is 1.83. The molecule has 0 spiro atoms. The van der Waals surface area contributed by atoms with Crippen LogP contribution in [0.5, 0.6) is 0 Å². The second-order valence-corrected chi connectivity index (χ2v) is 3.52. The quantitative estimate of drug-likeness (QED) is 0.723. The van der Waals surface area contributed by atoms with Crippen LogP contribution in [-0.4, -0.2) is 17.9 Å². The van der Waals surface area contributed by atoms with Gasteiger partial charge in [0.25, 0.3) is 0 Å². The van der Waals surface area contributed by atoms with Crippen LogP contribution in [0.4, 0.5) is 18.0 Å². The highest BCUT2D eigenvalue weighted by Gasteiger charge is 2.22. The molecule has 14 heavy (non-hydrogen) atoms. The van der Waals surface area contributed by atoms with Crippen LogP contribution in [0, 0.1) is 0 Å². The molecule has 0 aromatic heterocycles. The minimum atomic E-state index is -4.44. The normalized spacial score (nSPS) is 13.0. The van der Waals surface area contributed by atoms with Crippen molar-refractivity contribution < 1.29 is 22.7 Å². The first-order valence-corrected chi connectivity index (χ1v) is 3.84. The van der Waals surface area contributed by atoms with Gasteiger partial charge in [-0.1, -0.05) is 0 Å². The molecule has 0 unspecified atom stereocenters. The van der Waals surface area contributed by atoms with Crippen molar-refractivity contribution in [1.29, 1.82) is 0 Å². The Morgan fingerprint density at radius 3 is 2.14 bits per heavy atom. The lowest BCUT2D eigenvalue weighted by Gasteiger charge is -2.18. The highest BCUT2D eigenvalue weighted by molar-refractivity contribution is 5.68. The number of rotatable bonds is 1. The van der Waals surface area contributed by atoms with E-state index in [0.29, 0.717) is 6.20 Å². The van der Waals surface area contributed by atoms with Crippen LogP contribution in [-0.2, 0) is 4.74 Å². The Morgan fingerprint density at radius 2 is 1.79 bits per heavy atom. The van der Waals surface area contributed by atoms with Gasteiger partial charge in [-0.05, 0) is 20.8 Å². The second-order valence-electron chi connectivity index (χ2n) is 3.52. The summed E-state index contributed by atoms with van der Waals surface area (Å²) in [5.41, 5.74) is -0.726. The van der Waals surface area contributed by atoms with E-state index in [-0.39, 0.29) is 6.08 Å². The summed E-state index contributed by atoms with van der Waals surface area (Å²) in [6, 6.07) is 0. The fourth-order valence-electron chi connectivity index (χ4n) is 0.512. The van der Waals surface area contributed by atoms with Crippen LogP contribution in [0.2, 0.25) is 0 Å². The van der Waals surface area contributed by atoms with E-state index < -0.39 is 17.9 Å². The molecule has 0 fully saturated rings. The first-order valence-electron chi connectivity index (χ1n) is 3.84. The van der Waals surface area contributed by atoms with Crippen molar-refractivity contribution in [3.8, 4) is 0 Å².